The maximum atomic E-state index is 8.91. The van der Waals surface area contributed by atoms with Crippen molar-refractivity contribution in [1.29, 1.82) is 0 Å². The average Bonchev–Trinajstić information content (AvgIpc) is 2.84. The summed E-state index contributed by atoms with van der Waals surface area (Å²) in [7, 11) is 0. The average molecular weight is 266 g/mol. The van der Waals surface area contributed by atoms with Crippen LogP contribution in [0.4, 0.5) is 0 Å². The van der Waals surface area contributed by atoms with Crippen LogP contribution < -0.4 is 5.32 Å². The molecule has 0 unspecified atom stereocenters. The fraction of sp³-hybridized carbons (Fsp3) is 0.286. The minimum Gasteiger partial charge on any atom is -0.462 e. The number of benzene rings is 1. The van der Waals surface area contributed by atoms with Crippen LogP contribution in [0.15, 0.2) is 40.8 Å². The van der Waals surface area contributed by atoms with Crippen molar-refractivity contribution in [2.75, 3.05) is 0 Å². The van der Waals surface area contributed by atoms with Crippen LogP contribution in [0.3, 0.4) is 0 Å². The lowest BCUT2D eigenvalue weighted by molar-refractivity contribution is 0.242. The van der Waals surface area contributed by atoms with Crippen LogP contribution in [-0.4, -0.2) is 5.11 Å². The summed E-state index contributed by atoms with van der Waals surface area (Å²) in [5.74, 6) is 1.38. The van der Waals surface area contributed by atoms with Gasteiger partial charge in [-0.1, -0.05) is 29.8 Å². The number of halogens is 1. The highest BCUT2D eigenvalue weighted by atomic mass is 35.5. The molecule has 1 aromatic heterocycles. The third-order valence-corrected chi connectivity index (χ3v) is 3.17. The van der Waals surface area contributed by atoms with Crippen molar-refractivity contribution in [3.8, 4) is 0 Å². The predicted molar refractivity (Wildman–Crippen MR) is 71.3 cm³/mol. The molecule has 0 fully saturated rings. The van der Waals surface area contributed by atoms with E-state index in [-0.39, 0.29) is 12.6 Å². The molecule has 1 heterocycles. The summed E-state index contributed by atoms with van der Waals surface area (Å²) in [6.07, 6.45) is 0. The molecule has 3 nitrogen and oxygen atoms in total. The van der Waals surface area contributed by atoms with Crippen LogP contribution >= 0.6 is 11.6 Å². The van der Waals surface area contributed by atoms with E-state index in [1.54, 1.807) is 6.07 Å². The summed E-state index contributed by atoms with van der Waals surface area (Å²) in [5.41, 5.74) is 1.06. The third kappa shape index (κ3) is 3.13. The minimum atomic E-state index is -0.0694. The molecule has 0 amide bonds. The van der Waals surface area contributed by atoms with Crippen molar-refractivity contribution in [3.05, 3.63) is 58.5 Å². The van der Waals surface area contributed by atoms with Crippen LogP contribution in [0.25, 0.3) is 0 Å². The zero-order valence-electron chi connectivity index (χ0n) is 10.2. The molecule has 18 heavy (non-hydrogen) atoms. The Bertz CT molecular complexity index is 510. The Kier molecular flexibility index (Phi) is 4.42. The molecule has 0 saturated heterocycles. The number of nitrogens with one attached hydrogen (secondary N) is 1. The topological polar surface area (TPSA) is 45.4 Å². The molecule has 0 saturated carbocycles. The normalized spacial score (nSPS) is 12.6. The Hall–Kier alpha value is -1.29. The second-order valence-corrected chi connectivity index (χ2v) is 4.56. The number of hydrogen-bond donors (Lipinski definition) is 2. The highest BCUT2D eigenvalue weighted by Gasteiger charge is 2.09. The Morgan fingerprint density at radius 1 is 1.22 bits per heavy atom. The van der Waals surface area contributed by atoms with Crippen LogP contribution in [0.5, 0.6) is 0 Å². The molecule has 1 atom stereocenters. The van der Waals surface area contributed by atoms with Crippen molar-refractivity contribution in [1.82, 2.24) is 5.32 Å². The summed E-state index contributed by atoms with van der Waals surface area (Å²) in [5, 5.41) is 13.0. The largest absolute Gasteiger partial charge is 0.462 e. The second kappa shape index (κ2) is 6.05. The first kappa shape index (κ1) is 13.1. The molecule has 0 bridgehead atoms. The van der Waals surface area contributed by atoms with E-state index in [2.05, 4.69) is 12.2 Å². The van der Waals surface area contributed by atoms with Crippen LogP contribution in [0, 0.1) is 0 Å². The lowest BCUT2D eigenvalue weighted by atomic mass is 10.1. The SMILES string of the molecule is C[C@H](NCc1ccc(CO)o1)c1ccccc1Cl. The van der Waals surface area contributed by atoms with Gasteiger partial charge in [-0.15, -0.1) is 0 Å². The number of aliphatic hydroxyl groups excluding tert-OH is 1. The molecule has 0 aliphatic heterocycles. The lowest BCUT2D eigenvalue weighted by Gasteiger charge is -2.14. The highest BCUT2D eigenvalue weighted by molar-refractivity contribution is 6.31. The van der Waals surface area contributed by atoms with Crippen LogP contribution in [-0.2, 0) is 13.2 Å². The van der Waals surface area contributed by atoms with Crippen LogP contribution in [0.2, 0.25) is 5.02 Å². The molecular weight excluding hydrogens is 250 g/mol. The van der Waals surface area contributed by atoms with E-state index in [1.807, 2.05) is 30.3 Å². The first-order valence-electron chi connectivity index (χ1n) is 5.87. The maximum Gasteiger partial charge on any atom is 0.129 e. The van der Waals surface area contributed by atoms with Gasteiger partial charge in [0.25, 0.3) is 0 Å². The molecule has 2 N–H and O–H groups in total. The molecular formula is C14H16ClNO2. The monoisotopic (exact) mass is 265 g/mol. The maximum absolute atomic E-state index is 8.91. The summed E-state index contributed by atoms with van der Waals surface area (Å²) < 4.78 is 5.40. The molecule has 0 radical (unpaired) electrons. The molecule has 0 spiro atoms. The molecule has 0 aliphatic carbocycles. The fourth-order valence-corrected chi connectivity index (χ4v) is 2.09. The van der Waals surface area contributed by atoms with Gasteiger partial charge < -0.3 is 14.8 Å². The molecule has 96 valence electrons. The van der Waals surface area contributed by atoms with Crippen molar-refractivity contribution >= 4 is 11.6 Å². The first-order valence-corrected chi connectivity index (χ1v) is 6.24. The smallest absolute Gasteiger partial charge is 0.129 e. The van der Waals surface area contributed by atoms with Gasteiger partial charge in [0.2, 0.25) is 0 Å². The van der Waals surface area contributed by atoms with E-state index in [0.29, 0.717) is 12.3 Å². The quantitative estimate of drug-likeness (QED) is 0.872. The van der Waals surface area contributed by atoms with E-state index >= 15 is 0 Å². The van der Waals surface area contributed by atoms with Gasteiger partial charge >= 0.3 is 0 Å². The highest BCUT2D eigenvalue weighted by Crippen LogP contribution is 2.22. The van der Waals surface area contributed by atoms with Crippen LogP contribution in [0.1, 0.15) is 30.0 Å². The Balaban J connectivity index is 1.96. The Labute approximate surface area is 111 Å². The van der Waals surface area contributed by atoms with Gasteiger partial charge in [-0.2, -0.15) is 0 Å². The molecule has 4 heteroatoms. The molecule has 2 aromatic rings. The van der Waals surface area contributed by atoms with E-state index in [0.717, 1.165) is 16.3 Å². The van der Waals surface area contributed by atoms with Gasteiger partial charge in [-0.25, -0.2) is 0 Å². The van der Waals surface area contributed by atoms with E-state index < -0.39 is 0 Å². The minimum absolute atomic E-state index is 0.0694. The lowest BCUT2D eigenvalue weighted by Crippen LogP contribution is -2.18. The van der Waals surface area contributed by atoms with Gasteiger partial charge in [0.05, 0.1) is 6.54 Å². The van der Waals surface area contributed by atoms with Gasteiger partial charge in [0.1, 0.15) is 18.1 Å². The molecule has 2 rings (SSSR count). The van der Waals surface area contributed by atoms with E-state index in [9.17, 15) is 0 Å². The third-order valence-electron chi connectivity index (χ3n) is 2.83. The predicted octanol–water partition coefficient (Wildman–Crippen LogP) is 3.28. The second-order valence-electron chi connectivity index (χ2n) is 4.15. The fourth-order valence-electron chi connectivity index (χ4n) is 1.79. The van der Waals surface area contributed by atoms with Gasteiger partial charge in [0, 0.05) is 11.1 Å². The summed E-state index contributed by atoms with van der Waals surface area (Å²) >= 11 is 6.13. The first-order chi connectivity index (χ1) is 8.70. The number of rotatable bonds is 5. The number of aliphatic hydroxyl groups is 1. The Morgan fingerprint density at radius 2 is 1.94 bits per heavy atom. The Morgan fingerprint density at radius 3 is 2.61 bits per heavy atom. The standard InChI is InChI=1S/C14H16ClNO2/c1-10(13-4-2-3-5-14(13)15)16-8-11-6-7-12(9-17)18-11/h2-7,10,16-17H,8-9H2,1H3/t10-/m0/s1. The zero-order chi connectivity index (χ0) is 13.0. The zero-order valence-corrected chi connectivity index (χ0v) is 10.9. The van der Waals surface area contributed by atoms with Crippen molar-refractivity contribution < 1.29 is 9.52 Å². The van der Waals surface area contributed by atoms with Gasteiger partial charge in [-0.3, -0.25) is 0 Å². The van der Waals surface area contributed by atoms with Crippen molar-refractivity contribution in [3.63, 3.8) is 0 Å². The number of hydrogen-bond acceptors (Lipinski definition) is 3. The van der Waals surface area contributed by atoms with Crippen molar-refractivity contribution in [2.24, 2.45) is 0 Å². The summed E-state index contributed by atoms with van der Waals surface area (Å²) in [6.45, 7) is 2.59. The van der Waals surface area contributed by atoms with Gasteiger partial charge in [-0.05, 0) is 30.7 Å². The van der Waals surface area contributed by atoms with Crippen molar-refractivity contribution in [2.45, 2.75) is 26.1 Å². The number of furan rings is 1. The van der Waals surface area contributed by atoms with E-state index in [4.69, 9.17) is 21.1 Å². The van der Waals surface area contributed by atoms with E-state index in [1.165, 1.54) is 0 Å². The summed E-state index contributed by atoms with van der Waals surface area (Å²) in [6, 6.07) is 11.5. The molecule has 0 aliphatic rings. The molecule has 1 aromatic carbocycles. The summed E-state index contributed by atoms with van der Waals surface area (Å²) in [4.78, 5) is 0. The van der Waals surface area contributed by atoms with Gasteiger partial charge in [0.15, 0.2) is 0 Å².